The Hall–Kier alpha value is -1.37. The topological polar surface area (TPSA) is 35.2 Å². The Morgan fingerprint density at radius 2 is 1.71 bits per heavy atom. The normalized spacial score (nSPS) is 9.90. The standard InChI is InChI=1S/C16H12Cl3NO/c17-13-8-15(19)16(9-14(13)18)21-10-12-5-2-1-4-11(12)6-3-7-20/h1-2,4-5,8-9H,7,10,20H2. The molecule has 0 fully saturated rings. The fourth-order valence-corrected chi connectivity index (χ4v) is 2.28. The first-order chi connectivity index (χ1) is 10.1. The highest BCUT2D eigenvalue weighted by Crippen LogP contribution is 2.34. The molecule has 0 atom stereocenters. The van der Waals surface area contributed by atoms with E-state index >= 15 is 0 Å². The Kier molecular flexibility index (Phi) is 5.78. The van der Waals surface area contributed by atoms with Gasteiger partial charge in [-0.25, -0.2) is 0 Å². The van der Waals surface area contributed by atoms with Crippen LogP contribution in [0.5, 0.6) is 5.75 Å². The van der Waals surface area contributed by atoms with Crippen LogP contribution in [0.3, 0.4) is 0 Å². The fraction of sp³-hybridized carbons (Fsp3) is 0.125. The molecule has 0 radical (unpaired) electrons. The van der Waals surface area contributed by atoms with Crippen molar-refractivity contribution in [2.24, 2.45) is 5.73 Å². The average Bonchev–Trinajstić information content (AvgIpc) is 2.48. The zero-order valence-corrected chi connectivity index (χ0v) is 13.3. The molecular formula is C16H12Cl3NO. The molecule has 0 amide bonds. The van der Waals surface area contributed by atoms with Gasteiger partial charge in [0.2, 0.25) is 0 Å². The minimum atomic E-state index is 0.313. The second kappa shape index (κ2) is 7.59. The maximum Gasteiger partial charge on any atom is 0.139 e. The van der Waals surface area contributed by atoms with Gasteiger partial charge in [-0.2, -0.15) is 0 Å². The van der Waals surface area contributed by atoms with Crippen molar-refractivity contribution >= 4 is 34.8 Å². The van der Waals surface area contributed by atoms with Crippen LogP contribution in [0.1, 0.15) is 11.1 Å². The van der Waals surface area contributed by atoms with Gasteiger partial charge in [0, 0.05) is 17.2 Å². The number of hydrogen-bond acceptors (Lipinski definition) is 2. The lowest BCUT2D eigenvalue weighted by molar-refractivity contribution is 0.306. The lowest BCUT2D eigenvalue weighted by Crippen LogP contribution is -1.99. The van der Waals surface area contributed by atoms with Crippen molar-refractivity contribution < 1.29 is 4.74 Å². The van der Waals surface area contributed by atoms with E-state index in [0.29, 0.717) is 34.0 Å². The van der Waals surface area contributed by atoms with Gasteiger partial charge in [0.1, 0.15) is 12.4 Å². The minimum absolute atomic E-state index is 0.313. The van der Waals surface area contributed by atoms with E-state index < -0.39 is 0 Å². The van der Waals surface area contributed by atoms with Crippen LogP contribution in [0.25, 0.3) is 0 Å². The molecule has 0 saturated heterocycles. The van der Waals surface area contributed by atoms with Gasteiger partial charge in [-0.05, 0) is 12.1 Å². The fourth-order valence-electron chi connectivity index (χ4n) is 1.68. The van der Waals surface area contributed by atoms with Crippen molar-refractivity contribution in [2.45, 2.75) is 6.61 Å². The first-order valence-corrected chi connectivity index (χ1v) is 7.29. The molecule has 0 saturated carbocycles. The Morgan fingerprint density at radius 1 is 1.00 bits per heavy atom. The summed E-state index contributed by atoms with van der Waals surface area (Å²) in [4.78, 5) is 0. The minimum Gasteiger partial charge on any atom is -0.487 e. The number of hydrogen-bond donors (Lipinski definition) is 1. The summed E-state index contributed by atoms with van der Waals surface area (Å²) < 4.78 is 5.71. The molecule has 0 bridgehead atoms. The van der Waals surface area contributed by atoms with E-state index in [0.717, 1.165) is 11.1 Å². The van der Waals surface area contributed by atoms with Gasteiger partial charge in [-0.3, -0.25) is 0 Å². The number of ether oxygens (including phenoxy) is 1. The van der Waals surface area contributed by atoms with Gasteiger partial charge >= 0.3 is 0 Å². The first-order valence-electron chi connectivity index (χ1n) is 6.16. The third-order valence-electron chi connectivity index (χ3n) is 2.70. The summed E-state index contributed by atoms with van der Waals surface area (Å²) in [5.74, 6) is 6.32. The van der Waals surface area contributed by atoms with Crippen molar-refractivity contribution in [1.82, 2.24) is 0 Å². The van der Waals surface area contributed by atoms with Crippen molar-refractivity contribution in [3.63, 3.8) is 0 Å². The number of halogens is 3. The van der Waals surface area contributed by atoms with E-state index in [1.165, 1.54) is 0 Å². The SMILES string of the molecule is NCC#Cc1ccccc1COc1cc(Cl)c(Cl)cc1Cl. The smallest absolute Gasteiger partial charge is 0.139 e. The molecule has 2 nitrogen and oxygen atoms in total. The molecule has 108 valence electrons. The largest absolute Gasteiger partial charge is 0.487 e. The van der Waals surface area contributed by atoms with Gasteiger partial charge in [0.05, 0.1) is 21.6 Å². The molecule has 0 aliphatic carbocycles. The molecule has 2 aromatic carbocycles. The summed E-state index contributed by atoms with van der Waals surface area (Å²) in [5.41, 5.74) is 7.21. The predicted octanol–water partition coefficient (Wildman–Crippen LogP) is 4.54. The van der Waals surface area contributed by atoms with Crippen molar-refractivity contribution in [1.29, 1.82) is 0 Å². The molecule has 0 unspecified atom stereocenters. The molecular weight excluding hydrogens is 329 g/mol. The van der Waals surface area contributed by atoms with Crippen LogP contribution >= 0.6 is 34.8 Å². The highest BCUT2D eigenvalue weighted by molar-refractivity contribution is 6.43. The predicted molar refractivity (Wildman–Crippen MR) is 88.2 cm³/mol. The lowest BCUT2D eigenvalue weighted by atomic mass is 10.1. The number of rotatable bonds is 3. The van der Waals surface area contributed by atoms with Crippen molar-refractivity contribution in [2.75, 3.05) is 6.54 Å². The van der Waals surface area contributed by atoms with Gasteiger partial charge in [-0.1, -0.05) is 64.8 Å². The van der Waals surface area contributed by atoms with Crippen LogP contribution in [0, 0.1) is 11.8 Å². The molecule has 0 aliphatic rings. The van der Waals surface area contributed by atoms with Crippen LogP contribution in [0.4, 0.5) is 0 Å². The molecule has 2 aromatic rings. The van der Waals surface area contributed by atoms with Crippen LogP contribution in [0.2, 0.25) is 15.1 Å². The highest BCUT2D eigenvalue weighted by Gasteiger charge is 2.08. The lowest BCUT2D eigenvalue weighted by Gasteiger charge is -2.10. The molecule has 21 heavy (non-hydrogen) atoms. The summed E-state index contributed by atoms with van der Waals surface area (Å²) in [5, 5.41) is 1.20. The summed E-state index contributed by atoms with van der Waals surface area (Å²) in [6.45, 7) is 0.640. The van der Waals surface area contributed by atoms with Crippen LogP contribution in [0.15, 0.2) is 36.4 Å². The quantitative estimate of drug-likeness (QED) is 0.658. The van der Waals surface area contributed by atoms with E-state index in [2.05, 4.69) is 11.8 Å². The van der Waals surface area contributed by atoms with Crippen LogP contribution in [-0.2, 0) is 6.61 Å². The summed E-state index contributed by atoms with van der Waals surface area (Å²) in [7, 11) is 0. The second-order valence-electron chi connectivity index (χ2n) is 4.15. The summed E-state index contributed by atoms with van der Waals surface area (Å²) in [6, 6.07) is 10.8. The van der Waals surface area contributed by atoms with Crippen LogP contribution < -0.4 is 10.5 Å². The molecule has 0 spiro atoms. The summed E-state index contributed by atoms with van der Waals surface area (Å²) >= 11 is 17.9. The summed E-state index contributed by atoms with van der Waals surface area (Å²) in [6.07, 6.45) is 0. The molecule has 0 aliphatic heterocycles. The zero-order chi connectivity index (χ0) is 15.2. The maximum atomic E-state index is 6.08. The Balaban J connectivity index is 2.19. The molecule has 2 rings (SSSR count). The second-order valence-corrected chi connectivity index (χ2v) is 5.37. The third-order valence-corrected chi connectivity index (χ3v) is 3.72. The van der Waals surface area contributed by atoms with Gasteiger partial charge in [0.25, 0.3) is 0 Å². The highest BCUT2D eigenvalue weighted by atomic mass is 35.5. The number of nitrogens with two attached hydrogens (primary N) is 1. The molecule has 0 heterocycles. The van der Waals surface area contributed by atoms with Gasteiger partial charge in [0.15, 0.2) is 0 Å². The zero-order valence-electron chi connectivity index (χ0n) is 11.0. The maximum absolute atomic E-state index is 6.08. The van der Waals surface area contributed by atoms with E-state index in [4.69, 9.17) is 45.3 Å². The molecule has 0 aromatic heterocycles. The van der Waals surface area contributed by atoms with Crippen molar-refractivity contribution in [3.8, 4) is 17.6 Å². The Labute approximate surface area is 138 Å². The Morgan fingerprint density at radius 3 is 2.48 bits per heavy atom. The van der Waals surface area contributed by atoms with E-state index in [9.17, 15) is 0 Å². The van der Waals surface area contributed by atoms with E-state index in [-0.39, 0.29) is 0 Å². The Bertz CT molecular complexity index is 704. The first kappa shape index (κ1) is 16.0. The van der Waals surface area contributed by atoms with Crippen molar-refractivity contribution in [3.05, 3.63) is 62.6 Å². The van der Waals surface area contributed by atoms with E-state index in [1.54, 1.807) is 12.1 Å². The monoisotopic (exact) mass is 339 g/mol. The van der Waals surface area contributed by atoms with Gasteiger partial charge < -0.3 is 10.5 Å². The van der Waals surface area contributed by atoms with Crippen LogP contribution in [-0.4, -0.2) is 6.54 Å². The molecule has 5 heteroatoms. The van der Waals surface area contributed by atoms with Gasteiger partial charge in [-0.15, -0.1) is 0 Å². The van der Waals surface area contributed by atoms with E-state index in [1.807, 2.05) is 24.3 Å². The third kappa shape index (κ3) is 4.30. The number of benzene rings is 2. The average molecular weight is 341 g/mol. The molecule has 2 N–H and O–H groups in total.